The molecule has 5 nitrogen and oxygen atoms in total. The van der Waals surface area contributed by atoms with Gasteiger partial charge in [-0.15, -0.1) is 11.8 Å². The largest absolute Gasteiger partial charge is 0.496 e. The average Bonchev–Trinajstić information content (AvgIpc) is 3.34. The number of methoxy groups -OCH3 is 1. The van der Waals surface area contributed by atoms with Crippen molar-refractivity contribution < 1.29 is 14.3 Å². The summed E-state index contributed by atoms with van der Waals surface area (Å²) in [4.78, 5) is 27.6. The molecular formula is C22H24N2O3S. The second kappa shape index (κ2) is 7.87. The van der Waals surface area contributed by atoms with Crippen LogP contribution in [0.25, 0.3) is 0 Å². The van der Waals surface area contributed by atoms with Gasteiger partial charge in [-0.05, 0) is 48.6 Å². The third-order valence-corrected chi connectivity index (χ3v) is 6.41. The van der Waals surface area contributed by atoms with Gasteiger partial charge in [0.15, 0.2) is 0 Å². The SMILES string of the molecule is COc1ccccc1C1CC1C(=O)N1CSCC1C(=O)Nc1cccc(C)c1. The highest BCUT2D eigenvalue weighted by atomic mass is 32.2. The van der Waals surface area contributed by atoms with Crippen molar-refractivity contribution in [3.63, 3.8) is 0 Å². The molecule has 146 valence electrons. The van der Waals surface area contributed by atoms with Crippen LogP contribution in [0.3, 0.4) is 0 Å². The van der Waals surface area contributed by atoms with Crippen LogP contribution in [0.15, 0.2) is 48.5 Å². The molecule has 1 heterocycles. The van der Waals surface area contributed by atoms with Crippen molar-refractivity contribution in [1.82, 2.24) is 4.90 Å². The molecule has 2 aromatic carbocycles. The molecule has 0 spiro atoms. The van der Waals surface area contributed by atoms with E-state index >= 15 is 0 Å². The molecule has 1 aliphatic carbocycles. The number of benzene rings is 2. The number of nitrogens with one attached hydrogen (secondary N) is 1. The minimum absolute atomic E-state index is 0.0655. The summed E-state index contributed by atoms with van der Waals surface area (Å²) in [5.41, 5.74) is 2.94. The van der Waals surface area contributed by atoms with Gasteiger partial charge < -0.3 is 15.0 Å². The Morgan fingerprint density at radius 3 is 2.79 bits per heavy atom. The second-order valence-corrected chi connectivity index (χ2v) is 8.37. The molecule has 2 amide bonds. The van der Waals surface area contributed by atoms with E-state index in [9.17, 15) is 9.59 Å². The summed E-state index contributed by atoms with van der Waals surface area (Å²) < 4.78 is 5.44. The van der Waals surface area contributed by atoms with Gasteiger partial charge in [-0.3, -0.25) is 9.59 Å². The molecule has 3 unspecified atom stereocenters. The van der Waals surface area contributed by atoms with Gasteiger partial charge in [-0.1, -0.05) is 30.3 Å². The van der Waals surface area contributed by atoms with Crippen LogP contribution in [0.5, 0.6) is 5.75 Å². The summed E-state index contributed by atoms with van der Waals surface area (Å²) in [5, 5.41) is 2.96. The number of thioether (sulfide) groups is 1. The minimum atomic E-state index is -0.420. The number of ether oxygens (including phenoxy) is 1. The van der Waals surface area contributed by atoms with Crippen LogP contribution in [0.4, 0.5) is 5.69 Å². The first-order chi connectivity index (χ1) is 13.6. The number of aryl methyl sites for hydroxylation is 1. The Labute approximate surface area is 169 Å². The first kappa shape index (κ1) is 18.9. The Morgan fingerprint density at radius 1 is 1.18 bits per heavy atom. The van der Waals surface area contributed by atoms with Crippen molar-refractivity contribution in [2.75, 3.05) is 24.1 Å². The monoisotopic (exact) mass is 396 g/mol. The number of carbonyl (C=O) groups excluding carboxylic acids is 2. The number of para-hydroxylation sites is 1. The predicted octanol–water partition coefficient (Wildman–Crippen LogP) is 3.65. The minimum Gasteiger partial charge on any atom is -0.496 e. The second-order valence-electron chi connectivity index (χ2n) is 7.37. The number of amides is 2. The zero-order chi connectivity index (χ0) is 19.7. The molecular weight excluding hydrogens is 372 g/mol. The van der Waals surface area contributed by atoms with Crippen LogP contribution in [0.1, 0.15) is 23.5 Å². The van der Waals surface area contributed by atoms with Crippen LogP contribution in [-0.4, -0.2) is 41.5 Å². The van der Waals surface area contributed by atoms with Gasteiger partial charge in [0, 0.05) is 17.4 Å². The molecule has 0 bridgehead atoms. The fourth-order valence-corrected chi connectivity index (χ4v) is 4.99. The van der Waals surface area contributed by atoms with Gasteiger partial charge >= 0.3 is 0 Å². The normalized spacial score (nSPS) is 23.4. The number of hydrogen-bond donors (Lipinski definition) is 1. The van der Waals surface area contributed by atoms with E-state index in [-0.39, 0.29) is 23.7 Å². The lowest BCUT2D eigenvalue weighted by Gasteiger charge is -2.23. The molecule has 1 aliphatic heterocycles. The van der Waals surface area contributed by atoms with Crippen molar-refractivity contribution in [2.24, 2.45) is 5.92 Å². The molecule has 3 atom stereocenters. The highest BCUT2D eigenvalue weighted by molar-refractivity contribution is 7.99. The molecule has 1 saturated carbocycles. The fraction of sp³-hybridized carbons (Fsp3) is 0.364. The third kappa shape index (κ3) is 3.74. The molecule has 2 fully saturated rings. The van der Waals surface area contributed by atoms with E-state index < -0.39 is 6.04 Å². The smallest absolute Gasteiger partial charge is 0.248 e. The molecule has 0 radical (unpaired) electrons. The van der Waals surface area contributed by atoms with Gasteiger partial charge in [0.1, 0.15) is 11.8 Å². The number of anilines is 1. The number of rotatable bonds is 5. The van der Waals surface area contributed by atoms with Crippen LogP contribution in [0.2, 0.25) is 0 Å². The lowest BCUT2D eigenvalue weighted by Crippen LogP contribution is -2.45. The standard InChI is InChI=1S/C22H24N2O3S/c1-14-6-5-7-15(10-14)23-21(25)19-12-28-13-24(19)22(26)18-11-17(18)16-8-3-4-9-20(16)27-2/h3-10,17-19H,11-13H2,1-2H3,(H,23,25). The maximum Gasteiger partial charge on any atom is 0.248 e. The highest BCUT2D eigenvalue weighted by Gasteiger charge is 2.49. The quantitative estimate of drug-likeness (QED) is 0.838. The fourth-order valence-electron chi connectivity index (χ4n) is 3.82. The first-order valence-electron chi connectivity index (χ1n) is 9.47. The van der Waals surface area contributed by atoms with E-state index in [1.165, 1.54) is 0 Å². The maximum atomic E-state index is 13.1. The zero-order valence-corrected chi connectivity index (χ0v) is 16.9. The maximum absolute atomic E-state index is 13.1. The van der Waals surface area contributed by atoms with Crippen molar-refractivity contribution in [2.45, 2.75) is 25.3 Å². The third-order valence-electron chi connectivity index (χ3n) is 5.40. The van der Waals surface area contributed by atoms with Gasteiger partial charge in [-0.25, -0.2) is 0 Å². The summed E-state index contributed by atoms with van der Waals surface area (Å²) in [5.74, 6) is 2.10. The average molecular weight is 397 g/mol. The van der Waals surface area contributed by atoms with E-state index in [1.54, 1.807) is 23.8 Å². The summed E-state index contributed by atoms with van der Waals surface area (Å²) in [6.07, 6.45) is 0.812. The van der Waals surface area contributed by atoms with Gasteiger partial charge in [-0.2, -0.15) is 0 Å². The molecule has 1 saturated heterocycles. The molecule has 28 heavy (non-hydrogen) atoms. The van der Waals surface area contributed by atoms with Crippen LogP contribution in [-0.2, 0) is 9.59 Å². The predicted molar refractivity (Wildman–Crippen MR) is 112 cm³/mol. The Morgan fingerprint density at radius 2 is 2.00 bits per heavy atom. The Hall–Kier alpha value is -2.47. The van der Waals surface area contributed by atoms with E-state index in [0.717, 1.165) is 29.0 Å². The molecule has 2 aliphatic rings. The van der Waals surface area contributed by atoms with Crippen LogP contribution < -0.4 is 10.1 Å². The van der Waals surface area contributed by atoms with Gasteiger partial charge in [0.2, 0.25) is 11.8 Å². The van der Waals surface area contributed by atoms with Gasteiger partial charge in [0.25, 0.3) is 0 Å². The summed E-state index contributed by atoms with van der Waals surface area (Å²) in [6.45, 7) is 1.99. The van der Waals surface area contributed by atoms with Crippen molar-refractivity contribution in [3.8, 4) is 5.75 Å². The van der Waals surface area contributed by atoms with E-state index in [2.05, 4.69) is 5.32 Å². The van der Waals surface area contributed by atoms with Crippen LogP contribution in [0, 0.1) is 12.8 Å². The molecule has 6 heteroatoms. The Balaban J connectivity index is 1.43. The number of hydrogen-bond acceptors (Lipinski definition) is 4. The van der Waals surface area contributed by atoms with E-state index in [0.29, 0.717) is 11.6 Å². The van der Waals surface area contributed by atoms with E-state index in [1.807, 2.05) is 55.5 Å². The Bertz CT molecular complexity index is 901. The Kier molecular flexibility index (Phi) is 5.31. The van der Waals surface area contributed by atoms with Crippen molar-refractivity contribution in [1.29, 1.82) is 0 Å². The topological polar surface area (TPSA) is 58.6 Å². The van der Waals surface area contributed by atoms with Gasteiger partial charge in [0.05, 0.1) is 13.0 Å². The lowest BCUT2D eigenvalue weighted by atomic mass is 10.1. The lowest BCUT2D eigenvalue weighted by molar-refractivity contribution is -0.137. The number of carbonyl (C=O) groups is 2. The zero-order valence-electron chi connectivity index (χ0n) is 16.1. The highest BCUT2D eigenvalue weighted by Crippen LogP contribution is 2.51. The van der Waals surface area contributed by atoms with Crippen molar-refractivity contribution >= 4 is 29.3 Å². The first-order valence-corrected chi connectivity index (χ1v) is 10.6. The van der Waals surface area contributed by atoms with Crippen LogP contribution >= 0.6 is 11.8 Å². The summed E-state index contributed by atoms with van der Waals surface area (Å²) in [7, 11) is 1.65. The summed E-state index contributed by atoms with van der Waals surface area (Å²) in [6, 6.07) is 15.2. The molecule has 2 aromatic rings. The summed E-state index contributed by atoms with van der Waals surface area (Å²) >= 11 is 1.63. The molecule has 4 rings (SSSR count). The molecule has 0 aromatic heterocycles. The van der Waals surface area contributed by atoms with Crippen molar-refractivity contribution in [3.05, 3.63) is 59.7 Å². The van der Waals surface area contributed by atoms with E-state index in [4.69, 9.17) is 4.74 Å². The molecule has 1 N–H and O–H groups in total. The number of nitrogens with zero attached hydrogens (tertiary/aromatic N) is 1.